The molecule has 88 valence electrons. The van der Waals surface area contributed by atoms with Crippen LogP contribution in [0, 0.1) is 0 Å². The number of rotatable bonds is 2. The van der Waals surface area contributed by atoms with Crippen LogP contribution in [0.1, 0.15) is 55.0 Å². The van der Waals surface area contributed by atoms with E-state index in [1.165, 1.54) is 55.4 Å². The molecule has 3 heteroatoms. The molecule has 1 N–H and O–H groups in total. The first-order valence-electron chi connectivity index (χ1n) is 6.37. The van der Waals surface area contributed by atoms with Gasteiger partial charge < -0.3 is 5.32 Å². The molecule has 0 aliphatic heterocycles. The van der Waals surface area contributed by atoms with E-state index in [0.717, 1.165) is 10.4 Å². The fraction of sp³-hybridized carbons (Fsp3) is 0.692. The topological polar surface area (TPSA) is 12.0 Å². The van der Waals surface area contributed by atoms with Crippen LogP contribution in [0.3, 0.4) is 0 Å². The second-order valence-electron chi connectivity index (χ2n) is 5.02. The van der Waals surface area contributed by atoms with E-state index in [-0.39, 0.29) is 0 Å². The first-order chi connectivity index (χ1) is 7.83. The predicted molar refractivity (Wildman–Crippen MR) is 70.4 cm³/mol. The fourth-order valence-electron chi connectivity index (χ4n) is 3.07. The molecule has 0 bridgehead atoms. The molecule has 0 aromatic carbocycles. The van der Waals surface area contributed by atoms with Gasteiger partial charge in [0.05, 0.1) is 4.34 Å². The van der Waals surface area contributed by atoms with E-state index in [4.69, 9.17) is 11.6 Å². The highest BCUT2D eigenvalue weighted by atomic mass is 35.5. The molecular weight excluding hydrogens is 238 g/mol. The van der Waals surface area contributed by atoms with Gasteiger partial charge in [0.15, 0.2) is 0 Å². The van der Waals surface area contributed by atoms with Crippen LogP contribution < -0.4 is 5.32 Å². The third-order valence-corrected chi connectivity index (χ3v) is 5.22. The summed E-state index contributed by atoms with van der Waals surface area (Å²) in [4.78, 5) is 1.52. The van der Waals surface area contributed by atoms with Gasteiger partial charge in [-0.2, -0.15) is 0 Å². The maximum atomic E-state index is 6.12. The van der Waals surface area contributed by atoms with Crippen molar-refractivity contribution in [3.63, 3.8) is 0 Å². The maximum absolute atomic E-state index is 6.12. The molecular formula is C13H18ClNS. The van der Waals surface area contributed by atoms with E-state index in [2.05, 4.69) is 11.4 Å². The largest absolute Gasteiger partial charge is 0.307 e. The van der Waals surface area contributed by atoms with Crippen molar-refractivity contribution in [2.24, 2.45) is 0 Å². The Morgan fingerprint density at radius 3 is 2.81 bits per heavy atom. The fourth-order valence-corrected chi connectivity index (χ4v) is 4.46. The lowest BCUT2D eigenvalue weighted by molar-refractivity contribution is 0.399. The number of hydrogen-bond acceptors (Lipinski definition) is 2. The van der Waals surface area contributed by atoms with Gasteiger partial charge in [0.1, 0.15) is 0 Å². The monoisotopic (exact) mass is 255 g/mol. The molecule has 1 fully saturated rings. The lowest BCUT2D eigenvalue weighted by Crippen LogP contribution is -2.32. The van der Waals surface area contributed by atoms with E-state index in [1.54, 1.807) is 11.3 Å². The predicted octanol–water partition coefficient (Wildman–Crippen LogP) is 4.31. The molecule has 0 amide bonds. The SMILES string of the molecule is Clc1cc2c(s1)CCCC2NC1CCCC1. The lowest BCUT2D eigenvalue weighted by Gasteiger charge is -2.26. The Kier molecular flexibility index (Phi) is 3.23. The minimum atomic E-state index is 0.579. The zero-order valence-electron chi connectivity index (χ0n) is 9.47. The Bertz CT molecular complexity index is 368. The van der Waals surface area contributed by atoms with Crippen molar-refractivity contribution < 1.29 is 0 Å². The molecule has 1 aromatic heterocycles. The van der Waals surface area contributed by atoms with Gasteiger partial charge in [-0.25, -0.2) is 0 Å². The van der Waals surface area contributed by atoms with Crippen molar-refractivity contribution in [3.8, 4) is 0 Å². The van der Waals surface area contributed by atoms with Gasteiger partial charge in [-0.1, -0.05) is 24.4 Å². The molecule has 1 aromatic rings. The van der Waals surface area contributed by atoms with Gasteiger partial charge in [0.25, 0.3) is 0 Å². The Morgan fingerprint density at radius 2 is 2.00 bits per heavy atom. The number of hydrogen-bond donors (Lipinski definition) is 1. The van der Waals surface area contributed by atoms with Crippen molar-refractivity contribution in [2.75, 3.05) is 0 Å². The van der Waals surface area contributed by atoms with Crippen LogP contribution in [-0.4, -0.2) is 6.04 Å². The van der Waals surface area contributed by atoms with Crippen molar-refractivity contribution in [1.29, 1.82) is 0 Å². The minimum Gasteiger partial charge on any atom is -0.307 e. The molecule has 1 nitrogen and oxygen atoms in total. The standard InChI is InChI=1S/C13H18ClNS/c14-13-8-10-11(6-3-7-12(10)16-13)15-9-4-1-2-5-9/h8-9,11,15H,1-7H2. The number of fused-ring (bicyclic) bond motifs is 1. The molecule has 1 atom stereocenters. The Labute approximate surface area is 106 Å². The van der Waals surface area contributed by atoms with Gasteiger partial charge in [-0.05, 0) is 43.7 Å². The van der Waals surface area contributed by atoms with Gasteiger partial charge in [-0.15, -0.1) is 11.3 Å². The van der Waals surface area contributed by atoms with E-state index in [9.17, 15) is 0 Å². The smallest absolute Gasteiger partial charge is 0.0934 e. The molecule has 16 heavy (non-hydrogen) atoms. The number of aryl methyl sites for hydroxylation is 1. The normalized spacial score (nSPS) is 25.9. The molecule has 0 radical (unpaired) electrons. The summed E-state index contributed by atoms with van der Waals surface area (Å²) in [5.41, 5.74) is 1.49. The van der Waals surface area contributed by atoms with Crippen LogP contribution in [0.4, 0.5) is 0 Å². The molecule has 1 saturated carbocycles. The Balaban J connectivity index is 1.75. The summed E-state index contributed by atoms with van der Waals surface area (Å²) >= 11 is 7.90. The molecule has 0 spiro atoms. The number of halogens is 1. The summed E-state index contributed by atoms with van der Waals surface area (Å²) in [5.74, 6) is 0. The zero-order valence-corrected chi connectivity index (χ0v) is 11.0. The zero-order chi connectivity index (χ0) is 11.0. The van der Waals surface area contributed by atoms with E-state index in [1.807, 2.05) is 0 Å². The van der Waals surface area contributed by atoms with Crippen molar-refractivity contribution in [2.45, 2.75) is 57.0 Å². The van der Waals surface area contributed by atoms with Gasteiger partial charge in [-0.3, -0.25) is 0 Å². The van der Waals surface area contributed by atoms with E-state index < -0.39 is 0 Å². The molecule has 1 heterocycles. The first kappa shape index (κ1) is 11.1. The van der Waals surface area contributed by atoms with Crippen LogP contribution in [0.5, 0.6) is 0 Å². The van der Waals surface area contributed by atoms with Gasteiger partial charge in [0.2, 0.25) is 0 Å². The molecule has 2 aliphatic rings. The van der Waals surface area contributed by atoms with Crippen LogP contribution in [0.2, 0.25) is 4.34 Å². The summed E-state index contributed by atoms with van der Waals surface area (Å²) in [7, 11) is 0. The lowest BCUT2D eigenvalue weighted by atomic mass is 9.93. The van der Waals surface area contributed by atoms with E-state index in [0.29, 0.717) is 6.04 Å². The Morgan fingerprint density at radius 1 is 1.19 bits per heavy atom. The van der Waals surface area contributed by atoms with Crippen molar-refractivity contribution in [3.05, 3.63) is 20.8 Å². The number of nitrogens with one attached hydrogen (secondary N) is 1. The van der Waals surface area contributed by atoms with Crippen molar-refractivity contribution in [1.82, 2.24) is 5.32 Å². The third kappa shape index (κ3) is 2.15. The summed E-state index contributed by atoms with van der Waals surface area (Å²) in [6, 6.07) is 3.53. The first-order valence-corrected chi connectivity index (χ1v) is 7.56. The average Bonchev–Trinajstić information content (AvgIpc) is 2.86. The Hall–Kier alpha value is -0.0500. The van der Waals surface area contributed by atoms with Crippen LogP contribution in [0.25, 0.3) is 0 Å². The van der Waals surface area contributed by atoms with Gasteiger partial charge in [0, 0.05) is 17.0 Å². The van der Waals surface area contributed by atoms with E-state index >= 15 is 0 Å². The summed E-state index contributed by atoms with van der Waals surface area (Å²) in [6.07, 6.45) is 9.37. The molecule has 3 rings (SSSR count). The van der Waals surface area contributed by atoms with Crippen LogP contribution in [-0.2, 0) is 6.42 Å². The van der Waals surface area contributed by atoms with Gasteiger partial charge >= 0.3 is 0 Å². The maximum Gasteiger partial charge on any atom is 0.0934 e. The van der Waals surface area contributed by atoms with Crippen molar-refractivity contribution >= 4 is 22.9 Å². The third-order valence-electron chi connectivity index (χ3n) is 3.88. The summed E-state index contributed by atoms with van der Waals surface area (Å²) in [6.45, 7) is 0. The average molecular weight is 256 g/mol. The molecule has 0 saturated heterocycles. The molecule has 2 aliphatic carbocycles. The van der Waals surface area contributed by atoms with Crippen LogP contribution in [0.15, 0.2) is 6.07 Å². The van der Waals surface area contributed by atoms with Crippen LogP contribution >= 0.6 is 22.9 Å². The summed E-state index contributed by atoms with van der Waals surface area (Å²) < 4.78 is 0.963. The quantitative estimate of drug-likeness (QED) is 0.830. The second kappa shape index (κ2) is 4.67. The molecule has 1 unspecified atom stereocenters. The summed E-state index contributed by atoms with van der Waals surface area (Å²) in [5, 5.41) is 3.84. The highest BCUT2D eigenvalue weighted by Gasteiger charge is 2.25. The highest BCUT2D eigenvalue weighted by Crippen LogP contribution is 2.38. The minimum absolute atomic E-state index is 0.579. The highest BCUT2D eigenvalue weighted by molar-refractivity contribution is 7.16. The number of thiophene rings is 1. The second-order valence-corrected chi connectivity index (χ2v) is 6.79.